The molecule has 22 heavy (non-hydrogen) atoms. The second-order valence-corrected chi connectivity index (χ2v) is 5.91. The number of hydrogen-bond donors (Lipinski definition) is 2. The minimum absolute atomic E-state index is 0.236. The van der Waals surface area contributed by atoms with Gasteiger partial charge in [0.2, 0.25) is 0 Å². The Labute approximate surface area is 132 Å². The van der Waals surface area contributed by atoms with Gasteiger partial charge in [-0.05, 0) is 74.6 Å². The third-order valence-electron chi connectivity index (χ3n) is 3.97. The Kier molecular flexibility index (Phi) is 7.64. The van der Waals surface area contributed by atoms with Crippen LogP contribution in [0.5, 0.6) is 0 Å². The first-order valence-corrected chi connectivity index (χ1v) is 7.92. The molecule has 1 aromatic rings. The van der Waals surface area contributed by atoms with Crippen molar-refractivity contribution in [1.82, 2.24) is 0 Å². The third kappa shape index (κ3) is 6.74. The molecular weight excluding hydrogens is 280 g/mol. The van der Waals surface area contributed by atoms with Gasteiger partial charge in [0.1, 0.15) is 0 Å². The molecule has 4 nitrogen and oxygen atoms in total. The molecule has 2 N–H and O–H groups in total. The number of benzene rings is 1. The first-order valence-electron chi connectivity index (χ1n) is 7.92. The molecular formula is C18H26O4. The predicted octanol–water partition coefficient (Wildman–Crippen LogP) is 3.90. The fourth-order valence-electron chi connectivity index (χ4n) is 2.66. The summed E-state index contributed by atoms with van der Waals surface area (Å²) in [5.74, 6) is -1.46. The maximum absolute atomic E-state index is 10.5. The zero-order chi connectivity index (χ0) is 16.5. The Bertz CT molecular complexity index is 472. The summed E-state index contributed by atoms with van der Waals surface area (Å²) in [4.78, 5) is 21.0. The molecule has 0 bridgehead atoms. The van der Waals surface area contributed by atoms with E-state index in [1.165, 1.54) is 22.3 Å². The molecule has 0 atom stereocenters. The maximum atomic E-state index is 10.5. The second-order valence-electron chi connectivity index (χ2n) is 5.91. The molecule has 0 radical (unpaired) electrons. The Morgan fingerprint density at radius 2 is 1.14 bits per heavy atom. The van der Waals surface area contributed by atoms with E-state index in [1.54, 1.807) is 0 Å². The number of rotatable bonds is 10. The van der Waals surface area contributed by atoms with E-state index < -0.39 is 11.9 Å². The lowest BCUT2D eigenvalue weighted by Crippen LogP contribution is -1.99. The molecule has 4 heteroatoms. The van der Waals surface area contributed by atoms with Crippen LogP contribution >= 0.6 is 0 Å². The summed E-state index contributed by atoms with van der Waals surface area (Å²) in [7, 11) is 0. The zero-order valence-electron chi connectivity index (χ0n) is 13.5. The lowest BCUT2D eigenvalue weighted by Gasteiger charge is -2.12. The topological polar surface area (TPSA) is 74.6 Å². The van der Waals surface area contributed by atoms with Crippen LogP contribution in [-0.4, -0.2) is 22.2 Å². The number of unbranched alkanes of at least 4 members (excludes halogenated alkanes) is 2. The summed E-state index contributed by atoms with van der Waals surface area (Å²) in [6.45, 7) is 4.18. The first-order chi connectivity index (χ1) is 10.4. The standard InChI is InChI=1S/C18H26O4/c1-13-11-16(8-4-6-10-18(21)22)14(2)12-15(13)7-3-5-9-17(19)20/h11-12H,3-10H2,1-2H3,(H,19,20)(H,21,22). The van der Waals surface area contributed by atoms with Crippen molar-refractivity contribution in [2.24, 2.45) is 0 Å². The van der Waals surface area contributed by atoms with Gasteiger partial charge in [-0.25, -0.2) is 0 Å². The van der Waals surface area contributed by atoms with E-state index >= 15 is 0 Å². The number of hydrogen-bond acceptors (Lipinski definition) is 2. The summed E-state index contributed by atoms with van der Waals surface area (Å²) in [5.41, 5.74) is 5.07. The van der Waals surface area contributed by atoms with Gasteiger partial charge < -0.3 is 10.2 Å². The van der Waals surface area contributed by atoms with Crippen molar-refractivity contribution in [2.45, 2.75) is 65.2 Å². The van der Waals surface area contributed by atoms with Crippen molar-refractivity contribution in [1.29, 1.82) is 0 Å². The van der Waals surface area contributed by atoms with Crippen LogP contribution in [-0.2, 0) is 22.4 Å². The highest BCUT2D eigenvalue weighted by atomic mass is 16.4. The molecule has 1 rings (SSSR count). The fourth-order valence-corrected chi connectivity index (χ4v) is 2.66. The van der Waals surface area contributed by atoms with Crippen molar-refractivity contribution in [3.05, 3.63) is 34.4 Å². The highest BCUT2D eigenvalue weighted by Gasteiger charge is 2.06. The molecule has 0 spiro atoms. The lowest BCUT2D eigenvalue weighted by atomic mass is 9.94. The molecule has 0 heterocycles. The van der Waals surface area contributed by atoms with Crippen LogP contribution in [0.15, 0.2) is 12.1 Å². The average molecular weight is 306 g/mol. The van der Waals surface area contributed by atoms with Gasteiger partial charge in [-0.1, -0.05) is 12.1 Å². The van der Waals surface area contributed by atoms with Crippen LogP contribution in [0.4, 0.5) is 0 Å². The minimum atomic E-state index is -0.732. The molecule has 0 aromatic heterocycles. The summed E-state index contributed by atoms with van der Waals surface area (Å²) in [6.07, 6.45) is 5.52. The zero-order valence-corrected chi connectivity index (χ0v) is 13.5. The number of aliphatic carboxylic acids is 2. The molecule has 0 aliphatic carbocycles. The Hall–Kier alpha value is -1.84. The summed E-state index contributed by atoms with van der Waals surface area (Å²) in [6, 6.07) is 4.39. The highest BCUT2D eigenvalue weighted by Crippen LogP contribution is 2.20. The number of carbonyl (C=O) groups is 2. The Morgan fingerprint density at radius 1 is 0.773 bits per heavy atom. The quantitative estimate of drug-likeness (QED) is 0.643. The molecule has 0 aliphatic heterocycles. The van der Waals surface area contributed by atoms with Crippen LogP contribution in [0.1, 0.15) is 60.8 Å². The van der Waals surface area contributed by atoms with E-state index in [0.29, 0.717) is 12.8 Å². The van der Waals surface area contributed by atoms with Gasteiger partial charge in [-0.2, -0.15) is 0 Å². The van der Waals surface area contributed by atoms with Crippen LogP contribution in [0.2, 0.25) is 0 Å². The Morgan fingerprint density at radius 3 is 1.45 bits per heavy atom. The molecule has 0 fully saturated rings. The maximum Gasteiger partial charge on any atom is 0.303 e. The largest absolute Gasteiger partial charge is 0.481 e. The fraction of sp³-hybridized carbons (Fsp3) is 0.556. The number of carboxylic acids is 2. The van der Waals surface area contributed by atoms with E-state index in [2.05, 4.69) is 26.0 Å². The van der Waals surface area contributed by atoms with Gasteiger partial charge >= 0.3 is 11.9 Å². The van der Waals surface area contributed by atoms with Gasteiger partial charge in [0.05, 0.1) is 0 Å². The average Bonchev–Trinajstić information content (AvgIpc) is 2.43. The third-order valence-corrected chi connectivity index (χ3v) is 3.97. The van der Waals surface area contributed by atoms with Crippen LogP contribution < -0.4 is 0 Å². The van der Waals surface area contributed by atoms with Gasteiger partial charge in [-0.3, -0.25) is 9.59 Å². The van der Waals surface area contributed by atoms with Crippen LogP contribution in [0, 0.1) is 13.8 Å². The van der Waals surface area contributed by atoms with Gasteiger partial charge in [0.25, 0.3) is 0 Å². The molecule has 0 saturated heterocycles. The van der Waals surface area contributed by atoms with E-state index in [0.717, 1.165) is 25.7 Å². The number of aryl methyl sites for hydroxylation is 4. The van der Waals surface area contributed by atoms with E-state index in [9.17, 15) is 9.59 Å². The molecule has 0 amide bonds. The van der Waals surface area contributed by atoms with E-state index in [4.69, 9.17) is 10.2 Å². The van der Waals surface area contributed by atoms with Gasteiger partial charge in [-0.15, -0.1) is 0 Å². The summed E-state index contributed by atoms with van der Waals surface area (Å²) < 4.78 is 0. The molecule has 0 aliphatic rings. The minimum Gasteiger partial charge on any atom is -0.481 e. The first kappa shape index (κ1) is 18.2. The number of carboxylic acid groups (broad SMARTS) is 2. The smallest absolute Gasteiger partial charge is 0.303 e. The molecule has 0 saturated carbocycles. The molecule has 0 unspecified atom stereocenters. The van der Waals surface area contributed by atoms with Crippen molar-refractivity contribution in [2.75, 3.05) is 0 Å². The predicted molar refractivity (Wildman–Crippen MR) is 86.3 cm³/mol. The van der Waals surface area contributed by atoms with Gasteiger partial charge in [0, 0.05) is 12.8 Å². The van der Waals surface area contributed by atoms with Crippen molar-refractivity contribution in [3.8, 4) is 0 Å². The van der Waals surface area contributed by atoms with Crippen LogP contribution in [0.3, 0.4) is 0 Å². The van der Waals surface area contributed by atoms with Crippen molar-refractivity contribution >= 4 is 11.9 Å². The van der Waals surface area contributed by atoms with Gasteiger partial charge in [0.15, 0.2) is 0 Å². The molecule has 1 aromatic carbocycles. The Balaban J connectivity index is 2.52. The summed E-state index contributed by atoms with van der Waals surface area (Å²) >= 11 is 0. The lowest BCUT2D eigenvalue weighted by molar-refractivity contribution is -0.138. The normalized spacial score (nSPS) is 10.6. The second kappa shape index (κ2) is 9.23. The van der Waals surface area contributed by atoms with Crippen molar-refractivity contribution < 1.29 is 19.8 Å². The SMILES string of the molecule is Cc1cc(CCCCC(=O)O)c(C)cc1CCCCC(=O)O. The van der Waals surface area contributed by atoms with Crippen LogP contribution in [0.25, 0.3) is 0 Å². The molecule has 122 valence electrons. The van der Waals surface area contributed by atoms with E-state index in [1.807, 2.05) is 0 Å². The highest BCUT2D eigenvalue weighted by molar-refractivity contribution is 5.66. The van der Waals surface area contributed by atoms with E-state index in [-0.39, 0.29) is 12.8 Å². The monoisotopic (exact) mass is 306 g/mol. The summed E-state index contributed by atoms with van der Waals surface area (Å²) in [5, 5.41) is 17.3. The van der Waals surface area contributed by atoms with Crippen molar-refractivity contribution in [3.63, 3.8) is 0 Å².